The maximum atomic E-state index is 12.3. The second-order valence-electron chi connectivity index (χ2n) is 6.00. The molecule has 1 amide bonds. The van der Waals surface area contributed by atoms with Crippen LogP contribution in [0, 0.1) is 6.92 Å². The molecule has 6 heteroatoms. The molecule has 0 aliphatic carbocycles. The van der Waals surface area contributed by atoms with E-state index in [0.717, 1.165) is 21.3 Å². The number of nitrogens with zero attached hydrogens (tertiary/aromatic N) is 1. The van der Waals surface area contributed by atoms with Crippen LogP contribution in [0.3, 0.4) is 0 Å². The number of carbonyl (C=O) groups excluding carboxylic acids is 1. The summed E-state index contributed by atoms with van der Waals surface area (Å²) in [6.07, 6.45) is 1.79. The highest BCUT2D eigenvalue weighted by Crippen LogP contribution is 2.28. The molecule has 1 aliphatic rings. The molecule has 0 bridgehead atoms. The zero-order valence-electron chi connectivity index (χ0n) is 14.6. The van der Waals surface area contributed by atoms with Gasteiger partial charge in [0.25, 0.3) is 5.91 Å². The summed E-state index contributed by atoms with van der Waals surface area (Å²) in [5.74, 6) is 0.650. The standard InChI is InChI=1S/C20H19BrN2O2S/c1-3-23-19(24)17(22-20(23)26)11-15-8-9-18(16(21)10-15)25-12-14-6-4-13(2)5-7-14/h4-11H,3,12H2,1-2H3,(H,22,26)/b17-11-. The Morgan fingerprint density at radius 3 is 2.58 bits per heavy atom. The Hall–Kier alpha value is -2.18. The lowest BCUT2D eigenvalue weighted by atomic mass is 10.1. The van der Waals surface area contributed by atoms with Gasteiger partial charge in [-0.25, -0.2) is 0 Å². The minimum absolute atomic E-state index is 0.103. The molecule has 0 aromatic heterocycles. The molecule has 1 heterocycles. The van der Waals surface area contributed by atoms with E-state index in [4.69, 9.17) is 17.0 Å². The Morgan fingerprint density at radius 1 is 1.23 bits per heavy atom. The quantitative estimate of drug-likeness (QED) is 0.563. The minimum atomic E-state index is -0.103. The lowest BCUT2D eigenvalue weighted by Crippen LogP contribution is -2.30. The van der Waals surface area contributed by atoms with Crippen molar-refractivity contribution in [1.29, 1.82) is 0 Å². The van der Waals surface area contributed by atoms with Gasteiger partial charge in [0.05, 0.1) is 4.47 Å². The number of likely N-dealkylation sites (N-methyl/N-ethyl adjacent to an activating group) is 1. The normalized spacial score (nSPS) is 15.5. The first kappa shape index (κ1) is 18.6. The van der Waals surface area contributed by atoms with Crippen molar-refractivity contribution in [2.75, 3.05) is 6.54 Å². The summed E-state index contributed by atoms with van der Waals surface area (Å²) < 4.78 is 6.71. The van der Waals surface area contributed by atoms with Crippen LogP contribution in [0.5, 0.6) is 5.75 Å². The number of halogens is 1. The minimum Gasteiger partial charge on any atom is -0.488 e. The van der Waals surface area contributed by atoms with Crippen molar-refractivity contribution in [3.63, 3.8) is 0 Å². The van der Waals surface area contributed by atoms with E-state index in [-0.39, 0.29) is 5.91 Å². The Labute approximate surface area is 167 Å². The van der Waals surface area contributed by atoms with Crippen LogP contribution in [-0.4, -0.2) is 22.5 Å². The van der Waals surface area contributed by atoms with Crippen LogP contribution in [0.1, 0.15) is 23.6 Å². The summed E-state index contributed by atoms with van der Waals surface area (Å²) in [6, 6.07) is 14.0. The van der Waals surface area contributed by atoms with Gasteiger partial charge >= 0.3 is 0 Å². The average Bonchev–Trinajstić information content (AvgIpc) is 2.88. The summed E-state index contributed by atoms with van der Waals surface area (Å²) in [4.78, 5) is 13.8. The van der Waals surface area contributed by atoms with Crippen molar-refractivity contribution in [3.8, 4) is 5.75 Å². The highest BCUT2D eigenvalue weighted by atomic mass is 79.9. The molecule has 1 aliphatic heterocycles. The highest BCUT2D eigenvalue weighted by Gasteiger charge is 2.28. The highest BCUT2D eigenvalue weighted by molar-refractivity contribution is 9.10. The Morgan fingerprint density at radius 2 is 1.96 bits per heavy atom. The molecule has 4 nitrogen and oxygen atoms in total. The fraction of sp³-hybridized carbons (Fsp3) is 0.200. The van der Waals surface area contributed by atoms with E-state index in [1.807, 2.05) is 25.1 Å². The number of aryl methyl sites for hydroxylation is 1. The molecule has 1 saturated heterocycles. The van der Waals surface area contributed by atoms with E-state index in [9.17, 15) is 4.79 Å². The van der Waals surface area contributed by atoms with Crippen LogP contribution in [0.15, 0.2) is 52.6 Å². The molecule has 0 spiro atoms. The third-order valence-corrected chi connectivity index (χ3v) is 5.00. The number of amides is 1. The summed E-state index contributed by atoms with van der Waals surface area (Å²) in [7, 11) is 0. The molecule has 1 N–H and O–H groups in total. The molecule has 0 atom stereocenters. The molecule has 2 aromatic carbocycles. The van der Waals surface area contributed by atoms with Gasteiger partial charge in [-0.3, -0.25) is 9.69 Å². The second kappa shape index (κ2) is 8.01. The molecule has 1 fully saturated rings. The Kier molecular flexibility index (Phi) is 5.74. The molecular weight excluding hydrogens is 412 g/mol. The number of thiocarbonyl (C=S) groups is 1. The second-order valence-corrected chi connectivity index (χ2v) is 7.24. The fourth-order valence-electron chi connectivity index (χ4n) is 2.59. The molecule has 0 unspecified atom stereocenters. The van der Waals surface area contributed by atoms with Crippen LogP contribution in [0.2, 0.25) is 0 Å². The summed E-state index contributed by atoms with van der Waals surface area (Å²) in [5.41, 5.74) is 3.71. The van der Waals surface area contributed by atoms with Gasteiger partial charge in [0.2, 0.25) is 0 Å². The monoisotopic (exact) mass is 430 g/mol. The molecule has 0 radical (unpaired) electrons. The number of hydrogen-bond acceptors (Lipinski definition) is 3. The number of hydrogen-bond donors (Lipinski definition) is 1. The first-order chi connectivity index (χ1) is 12.5. The predicted octanol–water partition coefficient (Wildman–Crippen LogP) is 4.41. The van der Waals surface area contributed by atoms with Gasteiger partial charge in [-0.1, -0.05) is 35.9 Å². The van der Waals surface area contributed by atoms with E-state index < -0.39 is 0 Å². The van der Waals surface area contributed by atoms with Crippen LogP contribution >= 0.6 is 28.1 Å². The summed E-state index contributed by atoms with van der Waals surface area (Å²) in [6.45, 7) is 5.01. The first-order valence-corrected chi connectivity index (χ1v) is 9.50. The zero-order chi connectivity index (χ0) is 18.7. The van der Waals surface area contributed by atoms with Crippen LogP contribution in [0.4, 0.5) is 0 Å². The molecule has 0 saturated carbocycles. The third kappa shape index (κ3) is 4.14. The molecule has 134 valence electrons. The predicted molar refractivity (Wildman–Crippen MR) is 111 cm³/mol. The molecule has 3 rings (SSSR count). The Bertz CT molecular complexity index is 878. The van der Waals surface area contributed by atoms with Gasteiger partial charge in [0, 0.05) is 6.54 Å². The van der Waals surface area contributed by atoms with E-state index in [2.05, 4.69) is 52.4 Å². The smallest absolute Gasteiger partial charge is 0.276 e. The largest absolute Gasteiger partial charge is 0.488 e. The number of rotatable bonds is 5. The van der Waals surface area contributed by atoms with Crippen molar-refractivity contribution in [3.05, 3.63) is 69.3 Å². The van der Waals surface area contributed by atoms with Crippen molar-refractivity contribution >= 4 is 45.2 Å². The van der Waals surface area contributed by atoms with Crippen molar-refractivity contribution < 1.29 is 9.53 Å². The van der Waals surface area contributed by atoms with Gasteiger partial charge in [0.1, 0.15) is 18.1 Å². The molecular formula is C20H19BrN2O2S. The van der Waals surface area contributed by atoms with Gasteiger partial charge < -0.3 is 10.1 Å². The van der Waals surface area contributed by atoms with Gasteiger partial charge in [0.15, 0.2) is 5.11 Å². The van der Waals surface area contributed by atoms with E-state index in [1.54, 1.807) is 6.08 Å². The fourth-order valence-corrected chi connectivity index (χ4v) is 3.43. The van der Waals surface area contributed by atoms with E-state index in [0.29, 0.717) is 24.0 Å². The third-order valence-electron chi connectivity index (χ3n) is 4.06. The van der Waals surface area contributed by atoms with Crippen molar-refractivity contribution in [2.45, 2.75) is 20.5 Å². The number of ether oxygens (including phenoxy) is 1. The van der Waals surface area contributed by atoms with Gasteiger partial charge in [-0.05, 0) is 71.3 Å². The van der Waals surface area contributed by atoms with E-state index >= 15 is 0 Å². The van der Waals surface area contributed by atoms with Gasteiger partial charge in [-0.15, -0.1) is 0 Å². The topological polar surface area (TPSA) is 41.6 Å². The van der Waals surface area contributed by atoms with E-state index in [1.165, 1.54) is 10.5 Å². The SMILES string of the molecule is CCN1C(=O)/C(=C/c2ccc(OCc3ccc(C)cc3)c(Br)c2)NC1=S. The first-order valence-electron chi connectivity index (χ1n) is 8.30. The molecule has 26 heavy (non-hydrogen) atoms. The maximum Gasteiger partial charge on any atom is 0.276 e. The number of benzene rings is 2. The average molecular weight is 431 g/mol. The Balaban J connectivity index is 1.71. The summed E-state index contributed by atoms with van der Waals surface area (Å²) >= 11 is 8.71. The maximum absolute atomic E-state index is 12.3. The lowest BCUT2D eigenvalue weighted by molar-refractivity contribution is -0.122. The van der Waals surface area contributed by atoms with Gasteiger partial charge in [-0.2, -0.15) is 0 Å². The van der Waals surface area contributed by atoms with Crippen LogP contribution < -0.4 is 10.1 Å². The van der Waals surface area contributed by atoms with Crippen LogP contribution in [0.25, 0.3) is 6.08 Å². The lowest BCUT2D eigenvalue weighted by Gasteiger charge is -2.10. The zero-order valence-corrected chi connectivity index (χ0v) is 17.0. The number of carbonyl (C=O) groups is 1. The molecule has 2 aromatic rings. The van der Waals surface area contributed by atoms with Crippen molar-refractivity contribution in [1.82, 2.24) is 10.2 Å². The van der Waals surface area contributed by atoms with Crippen molar-refractivity contribution in [2.24, 2.45) is 0 Å². The van der Waals surface area contributed by atoms with Crippen LogP contribution in [-0.2, 0) is 11.4 Å². The number of nitrogens with one attached hydrogen (secondary N) is 1. The summed E-state index contributed by atoms with van der Waals surface area (Å²) in [5, 5.41) is 3.41.